The molecule has 0 aromatic heterocycles. The van der Waals surface area contributed by atoms with E-state index in [9.17, 15) is 0 Å². The number of nitrogens with one attached hydrogen (secondary N) is 1. The highest BCUT2D eigenvalue weighted by Gasteiger charge is 2.08. The molecule has 0 bridgehead atoms. The molecular weight excluding hydrogens is 214 g/mol. The van der Waals surface area contributed by atoms with Gasteiger partial charge in [-0.1, -0.05) is 20.8 Å². The van der Waals surface area contributed by atoms with Gasteiger partial charge in [-0.2, -0.15) is 0 Å². The van der Waals surface area contributed by atoms with Gasteiger partial charge in [-0.25, -0.2) is 0 Å². The maximum absolute atomic E-state index is 5.56. The van der Waals surface area contributed by atoms with Crippen LogP contribution in [0, 0.1) is 5.92 Å². The second-order valence-corrected chi connectivity index (χ2v) is 4.99. The Morgan fingerprint density at radius 1 is 1.06 bits per heavy atom. The number of methoxy groups -OCH3 is 1. The molecule has 1 unspecified atom stereocenters. The van der Waals surface area contributed by atoms with Crippen LogP contribution < -0.4 is 5.32 Å². The van der Waals surface area contributed by atoms with Crippen LogP contribution in [0.4, 0.5) is 0 Å². The Balaban J connectivity index is 3.40. The lowest BCUT2D eigenvalue weighted by Gasteiger charge is -2.19. The molecule has 0 aliphatic heterocycles. The van der Waals surface area contributed by atoms with Gasteiger partial charge in [0.1, 0.15) is 0 Å². The zero-order valence-electron chi connectivity index (χ0n) is 12.1. The quantitative estimate of drug-likeness (QED) is 0.536. The summed E-state index contributed by atoms with van der Waals surface area (Å²) >= 11 is 0. The summed E-state index contributed by atoms with van der Waals surface area (Å²) in [5.74, 6) is 0.765. The molecule has 0 aromatic rings. The Morgan fingerprint density at radius 3 is 2.35 bits per heavy atom. The highest BCUT2D eigenvalue weighted by molar-refractivity contribution is 4.67. The average Bonchev–Trinajstić information content (AvgIpc) is 2.27. The molecule has 0 aliphatic rings. The smallest absolute Gasteiger partial charge is 0.0487 e. The molecule has 0 rings (SSSR count). The first-order valence-electron chi connectivity index (χ1n) is 7.00. The lowest BCUT2D eigenvalue weighted by Crippen LogP contribution is -2.30. The summed E-state index contributed by atoms with van der Waals surface area (Å²) in [4.78, 5) is 0. The third-order valence-electron chi connectivity index (χ3n) is 2.73. The van der Waals surface area contributed by atoms with Crippen LogP contribution in [0.3, 0.4) is 0 Å². The third kappa shape index (κ3) is 12.1. The SMILES string of the molecule is CCNC(CCCOCCCOC)CC(C)C. The van der Waals surface area contributed by atoms with Gasteiger partial charge in [0, 0.05) is 33.0 Å². The van der Waals surface area contributed by atoms with E-state index >= 15 is 0 Å². The third-order valence-corrected chi connectivity index (χ3v) is 2.73. The van der Waals surface area contributed by atoms with E-state index in [-0.39, 0.29) is 0 Å². The molecule has 0 radical (unpaired) electrons. The molecule has 0 saturated carbocycles. The van der Waals surface area contributed by atoms with Crippen molar-refractivity contribution in [3.63, 3.8) is 0 Å². The molecule has 0 aliphatic carbocycles. The molecule has 0 fully saturated rings. The van der Waals surface area contributed by atoms with E-state index < -0.39 is 0 Å². The summed E-state index contributed by atoms with van der Waals surface area (Å²) in [6.07, 6.45) is 4.63. The predicted octanol–water partition coefficient (Wildman–Crippen LogP) is 2.84. The minimum atomic E-state index is 0.655. The van der Waals surface area contributed by atoms with Gasteiger partial charge in [-0.3, -0.25) is 0 Å². The molecule has 17 heavy (non-hydrogen) atoms. The summed E-state index contributed by atoms with van der Waals surface area (Å²) in [6, 6.07) is 0.655. The van der Waals surface area contributed by atoms with Crippen molar-refractivity contribution in [2.45, 2.75) is 52.5 Å². The number of hydrogen-bond acceptors (Lipinski definition) is 3. The maximum atomic E-state index is 5.56. The van der Waals surface area contributed by atoms with Gasteiger partial charge in [-0.05, 0) is 38.1 Å². The summed E-state index contributed by atoms with van der Waals surface area (Å²) in [5, 5.41) is 3.55. The number of rotatable bonds is 12. The van der Waals surface area contributed by atoms with Crippen LogP contribution in [-0.4, -0.2) is 39.5 Å². The van der Waals surface area contributed by atoms with E-state index in [4.69, 9.17) is 9.47 Å². The van der Waals surface area contributed by atoms with E-state index in [1.165, 1.54) is 12.8 Å². The van der Waals surface area contributed by atoms with Crippen LogP contribution in [0.5, 0.6) is 0 Å². The topological polar surface area (TPSA) is 30.5 Å². The van der Waals surface area contributed by atoms with E-state index in [0.29, 0.717) is 6.04 Å². The summed E-state index contributed by atoms with van der Waals surface area (Å²) in [6.45, 7) is 10.3. The van der Waals surface area contributed by atoms with E-state index in [1.54, 1.807) is 7.11 Å². The first-order valence-corrected chi connectivity index (χ1v) is 7.00. The van der Waals surface area contributed by atoms with Crippen molar-refractivity contribution < 1.29 is 9.47 Å². The predicted molar refractivity (Wildman–Crippen MR) is 73.5 cm³/mol. The molecule has 0 spiro atoms. The molecule has 3 heteroatoms. The molecule has 0 heterocycles. The van der Waals surface area contributed by atoms with E-state index in [2.05, 4.69) is 26.1 Å². The van der Waals surface area contributed by atoms with Gasteiger partial charge in [-0.15, -0.1) is 0 Å². The van der Waals surface area contributed by atoms with E-state index in [0.717, 1.165) is 45.1 Å². The van der Waals surface area contributed by atoms with Crippen LogP contribution in [0.1, 0.15) is 46.5 Å². The Hall–Kier alpha value is -0.120. The molecular formula is C14H31NO2. The van der Waals surface area contributed by atoms with E-state index in [1.807, 2.05) is 0 Å². The summed E-state index contributed by atoms with van der Waals surface area (Å²) in [7, 11) is 1.73. The first-order chi connectivity index (χ1) is 8.20. The lowest BCUT2D eigenvalue weighted by atomic mass is 10.00. The zero-order chi connectivity index (χ0) is 12.9. The standard InChI is InChI=1S/C14H31NO2/c1-5-15-14(12-13(2)3)8-6-10-17-11-7-9-16-4/h13-15H,5-12H2,1-4H3. The van der Waals surface area contributed by atoms with Gasteiger partial charge in [0.05, 0.1) is 0 Å². The van der Waals surface area contributed by atoms with Crippen LogP contribution in [0.25, 0.3) is 0 Å². The summed E-state index contributed by atoms with van der Waals surface area (Å²) < 4.78 is 10.5. The van der Waals surface area contributed by atoms with Gasteiger partial charge in [0.15, 0.2) is 0 Å². The fourth-order valence-electron chi connectivity index (χ4n) is 2.00. The fraction of sp³-hybridized carbons (Fsp3) is 1.00. The van der Waals surface area contributed by atoms with Crippen LogP contribution in [0.2, 0.25) is 0 Å². The Labute approximate surface area is 107 Å². The van der Waals surface area contributed by atoms with Crippen molar-refractivity contribution in [1.29, 1.82) is 0 Å². The first kappa shape index (κ1) is 16.9. The number of hydrogen-bond donors (Lipinski definition) is 1. The van der Waals surface area contributed by atoms with Gasteiger partial charge in [0.25, 0.3) is 0 Å². The minimum Gasteiger partial charge on any atom is -0.385 e. The average molecular weight is 245 g/mol. The largest absolute Gasteiger partial charge is 0.385 e. The monoisotopic (exact) mass is 245 g/mol. The molecule has 1 N–H and O–H groups in total. The van der Waals surface area contributed by atoms with Crippen molar-refractivity contribution in [2.24, 2.45) is 5.92 Å². The van der Waals surface area contributed by atoms with Gasteiger partial charge >= 0.3 is 0 Å². The van der Waals surface area contributed by atoms with Crippen LogP contribution in [-0.2, 0) is 9.47 Å². The van der Waals surface area contributed by atoms with Crippen molar-refractivity contribution in [2.75, 3.05) is 33.5 Å². The Kier molecular flexibility index (Phi) is 12.3. The summed E-state index contributed by atoms with van der Waals surface area (Å²) in [5.41, 5.74) is 0. The highest BCUT2D eigenvalue weighted by Crippen LogP contribution is 2.09. The van der Waals surface area contributed by atoms with Gasteiger partial charge < -0.3 is 14.8 Å². The van der Waals surface area contributed by atoms with Crippen molar-refractivity contribution in [1.82, 2.24) is 5.32 Å². The van der Waals surface area contributed by atoms with Gasteiger partial charge in [0.2, 0.25) is 0 Å². The Bertz CT molecular complexity index is 151. The lowest BCUT2D eigenvalue weighted by molar-refractivity contribution is 0.0986. The van der Waals surface area contributed by atoms with Crippen LogP contribution >= 0.6 is 0 Å². The van der Waals surface area contributed by atoms with Crippen molar-refractivity contribution >= 4 is 0 Å². The normalized spacial score (nSPS) is 13.2. The fourth-order valence-corrected chi connectivity index (χ4v) is 2.00. The van der Waals surface area contributed by atoms with Crippen molar-refractivity contribution in [3.05, 3.63) is 0 Å². The number of ether oxygens (including phenoxy) is 2. The van der Waals surface area contributed by atoms with Crippen LogP contribution in [0.15, 0.2) is 0 Å². The maximum Gasteiger partial charge on any atom is 0.0487 e. The molecule has 0 aromatic carbocycles. The molecule has 1 atom stereocenters. The molecule has 0 saturated heterocycles. The highest BCUT2D eigenvalue weighted by atomic mass is 16.5. The molecule has 3 nitrogen and oxygen atoms in total. The molecule has 104 valence electrons. The second kappa shape index (κ2) is 12.3. The molecule has 0 amide bonds. The van der Waals surface area contributed by atoms with Crippen molar-refractivity contribution in [3.8, 4) is 0 Å². The Morgan fingerprint density at radius 2 is 1.76 bits per heavy atom. The minimum absolute atomic E-state index is 0.655. The second-order valence-electron chi connectivity index (χ2n) is 4.99. The zero-order valence-corrected chi connectivity index (χ0v) is 12.1.